The highest BCUT2D eigenvalue weighted by atomic mass is 15.1. The molecule has 0 aromatic heterocycles. The van der Waals surface area contributed by atoms with E-state index in [1.165, 1.54) is 128 Å². The van der Waals surface area contributed by atoms with Crippen molar-refractivity contribution in [2.45, 2.75) is 84.0 Å². The maximum atomic E-state index is 2.55. The van der Waals surface area contributed by atoms with Crippen LogP contribution in [0.15, 0.2) is 182 Å². The molecule has 68 heavy (non-hydrogen) atoms. The monoisotopic (exact) mass is 875 g/mol. The first kappa shape index (κ1) is 41.0. The lowest BCUT2D eigenvalue weighted by Gasteiger charge is -2.33. The largest absolute Gasteiger partial charge is 0.310 e. The molecular weight excluding hydrogens is 819 g/mol. The fourth-order valence-corrected chi connectivity index (χ4v) is 13.1. The van der Waals surface area contributed by atoms with Gasteiger partial charge in [-0.1, -0.05) is 205 Å². The molecule has 0 saturated heterocycles. The summed E-state index contributed by atoms with van der Waals surface area (Å²) < 4.78 is 0. The number of anilines is 3. The van der Waals surface area contributed by atoms with E-state index < -0.39 is 5.41 Å². The molecule has 1 nitrogen and oxygen atoms in total. The SMILES string of the molecule is Cc1ccc2c(c1)C1(c3cc(C)ccc3-2)c2cc(C(C)(C)C)ccc2-c2cccc(-c3ccc(N(c4ccc5c(c4)C(C)(C)c4ccccc4-5)c4ccc5c(c4)C(C)(C)c4ccccc4-5)cc3)c21. The number of fused-ring (bicyclic) bond motifs is 16. The van der Waals surface area contributed by atoms with Gasteiger partial charge in [0.15, 0.2) is 0 Å². The van der Waals surface area contributed by atoms with Crippen molar-refractivity contribution in [2.24, 2.45) is 0 Å². The van der Waals surface area contributed by atoms with Gasteiger partial charge in [0, 0.05) is 27.9 Å². The second-order valence-corrected chi connectivity index (χ2v) is 22.3. The highest BCUT2D eigenvalue weighted by Gasteiger charge is 2.53. The highest BCUT2D eigenvalue weighted by molar-refractivity contribution is 5.99. The molecule has 0 heterocycles. The number of nitrogens with zero attached hydrogens (tertiary/aromatic N) is 1. The molecule has 4 aliphatic rings. The molecule has 0 amide bonds. The quantitative estimate of drug-likeness (QED) is 0.170. The van der Waals surface area contributed by atoms with Crippen LogP contribution in [-0.4, -0.2) is 0 Å². The summed E-state index contributed by atoms with van der Waals surface area (Å²) in [6.07, 6.45) is 0. The van der Waals surface area contributed by atoms with Gasteiger partial charge in [0.25, 0.3) is 0 Å². The van der Waals surface area contributed by atoms with Gasteiger partial charge in [-0.05, 0) is 161 Å². The predicted molar refractivity (Wildman–Crippen MR) is 286 cm³/mol. The molecule has 0 unspecified atom stereocenters. The maximum absolute atomic E-state index is 2.55. The fourth-order valence-electron chi connectivity index (χ4n) is 13.1. The Morgan fingerprint density at radius 2 is 0.750 bits per heavy atom. The molecule has 9 aromatic rings. The van der Waals surface area contributed by atoms with Crippen LogP contribution >= 0.6 is 0 Å². The average molecular weight is 876 g/mol. The van der Waals surface area contributed by atoms with E-state index in [-0.39, 0.29) is 16.2 Å². The molecule has 0 fully saturated rings. The summed E-state index contributed by atoms with van der Waals surface area (Å²) in [7, 11) is 0. The summed E-state index contributed by atoms with van der Waals surface area (Å²) in [5.41, 5.74) is 31.0. The Bertz CT molecular complexity index is 3470. The van der Waals surface area contributed by atoms with Gasteiger partial charge in [0.2, 0.25) is 0 Å². The highest BCUT2D eigenvalue weighted by Crippen LogP contribution is 2.65. The molecule has 0 saturated carbocycles. The van der Waals surface area contributed by atoms with Gasteiger partial charge in [-0.25, -0.2) is 0 Å². The third kappa shape index (κ3) is 5.45. The fraction of sp³-hybridized carbons (Fsp3) is 0.194. The molecule has 0 bridgehead atoms. The molecule has 4 aliphatic carbocycles. The van der Waals surface area contributed by atoms with Crippen LogP contribution in [0.3, 0.4) is 0 Å². The van der Waals surface area contributed by atoms with Crippen LogP contribution in [0.1, 0.15) is 110 Å². The first-order valence-corrected chi connectivity index (χ1v) is 24.6. The van der Waals surface area contributed by atoms with Crippen LogP contribution in [0.2, 0.25) is 0 Å². The summed E-state index contributed by atoms with van der Waals surface area (Å²) in [5.74, 6) is 0. The predicted octanol–water partition coefficient (Wildman–Crippen LogP) is 17.7. The van der Waals surface area contributed by atoms with Crippen molar-refractivity contribution < 1.29 is 0 Å². The molecule has 1 heteroatoms. The van der Waals surface area contributed by atoms with Crippen molar-refractivity contribution in [1.82, 2.24) is 0 Å². The van der Waals surface area contributed by atoms with Crippen LogP contribution in [-0.2, 0) is 21.7 Å². The van der Waals surface area contributed by atoms with Crippen molar-refractivity contribution in [1.29, 1.82) is 0 Å². The van der Waals surface area contributed by atoms with E-state index in [0.29, 0.717) is 0 Å². The van der Waals surface area contributed by atoms with E-state index in [9.17, 15) is 0 Å². The average Bonchev–Trinajstić information content (AvgIpc) is 3.95. The Balaban J connectivity index is 1.01. The van der Waals surface area contributed by atoms with Crippen LogP contribution in [0.4, 0.5) is 17.1 Å². The Hall–Kier alpha value is -7.22. The molecular formula is C67H57N. The molecule has 0 atom stereocenters. The van der Waals surface area contributed by atoms with Crippen LogP contribution in [0, 0.1) is 13.8 Å². The standard InChI is InChI=1S/C67H57N/c1-40-21-30-52-53-31-22-41(2)36-61(53)67(60(52)35-40)62-37-43(64(3,4)5)25-32-54(62)55-18-14-17-47(63(55)67)42-23-26-44(27-24-42)68(45-28-33-50-48-15-10-12-19-56(48)65(6,7)58(50)38-45)46-29-34-51-49-16-11-13-20-57(49)66(8,9)59(51)39-46/h10-39H,1-9H3. The minimum Gasteiger partial charge on any atom is -0.310 e. The minimum atomic E-state index is -0.473. The smallest absolute Gasteiger partial charge is 0.0731 e. The molecule has 0 radical (unpaired) electrons. The molecule has 9 aromatic carbocycles. The van der Waals surface area contributed by atoms with Gasteiger partial charge < -0.3 is 4.90 Å². The number of hydrogen-bond acceptors (Lipinski definition) is 1. The van der Waals surface area contributed by atoms with E-state index in [0.717, 1.165) is 5.69 Å². The first-order valence-electron chi connectivity index (χ1n) is 24.6. The zero-order valence-electron chi connectivity index (χ0n) is 40.8. The number of benzene rings is 9. The van der Waals surface area contributed by atoms with Gasteiger partial charge in [0.05, 0.1) is 5.41 Å². The summed E-state index contributed by atoms with van der Waals surface area (Å²) >= 11 is 0. The Kier molecular flexibility index (Phi) is 8.40. The summed E-state index contributed by atoms with van der Waals surface area (Å²) in [6.45, 7) is 21.1. The van der Waals surface area contributed by atoms with E-state index in [2.05, 4.69) is 249 Å². The van der Waals surface area contributed by atoms with E-state index in [1.54, 1.807) is 0 Å². The molecule has 0 N–H and O–H groups in total. The van der Waals surface area contributed by atoms with Crippen molar-refractivity contribution in [3.8, 4) is 55.6 Å². The van der Waals surface area contributed by atoms with Gasteiger partial charge in [-0.3, -0.25) is 0 Å². The topological polar surface area (TPSA) is 3.24 Å². The van der Waals surface area contributed by atoms with E-state index >= 15 is 0 Å². The Morgan fingerprint density at radius 3 is 1.29 bits per heavy atom. The van der Waals surface area contributed by atoms with E-state index in [1.807, 2.05) is 0 Å². The van der Waals surface area contributed by atoms with Crippen LogP contribution in [0.25, 0.3) is 55.6 Å². The van der Waals surface area contributed by atoms with E-state index in [4.69, 9.17) is 0 Å². The molecule has 0 aliphatic heterocycles. The van der Waals surface area contributed by atoms with Crippen molar-refractivity contribution >= 4 is 17.1 Å². The van der Waals surface area contributed by atoms with Gasteiger partial charge in [0.1, 0.15) is 0 Å². The van der Waals surface area contributed by atoms with Gasteiger partial charge in [-0.15, -0.1) is 0 Å². The summed E-state index contributed by atoms with van der Waals surface area (Å²) in [6, 6.07) is 70.5. The van der Waals surface area contributed by atoms with Gasteiger partial charge in [-0.2, -0.15) is 0 Å². The lowest BCUT2D eigenvalue weighted by molar-refractivity contribution is 0.588. The van der Waals surface area contributed by atoms with Crippen molar-refractivity contribution in [3.05, 3.63) is 243 Å². The lowest BCUT2D eigenvalue weighted by Crippen LogP contribution is -2.27. The zero-order valence-corrected chi connectivity index (χ0v) is 40.8. The van der Waals surface area contributed by atoms with Crippen LogP contribution in [0.5, 0.6) is 0 Å². The number of aryl methyl sites for hydroxylation is 2. The normalized spacial score (nSPS) is 15.5. The molecule has 330 valence electrons. The van der Waals surface area contributed by atoms with Crippen LogP contribution < -0.4 is 4.90 Å². The lowest BCUT2D eigenvalue weighted by atomic mass is 9.67. The maximum Gasteiger partial charge on any atom is 0.0731 e. The minimum absolute atomic E-state index is 0.00384. The number of rotatable bonds is 4. The Labute approximate surface area is 402 Å². The molecule has 1 spiro atoms. The van der Waals surface area contributed by atoms with Crippen molar-refractivity contribution in [2.75, 3.05) is 4.90 Å². The Morgan fingerprint density at radius 1 is 0.338 bits per heavy atom. The number of hydrogen-bond donors (Lipinski definition) is 0. The first-order chi connectivity index (χ1) is 32.7. The third-order valence-corrected chi connectivity index (χ3v) is 16.6. The second-order valence-electron chi connectivity index (χ2n) is 22.3. The third-order valence-electron chi connectivity index (χ3n) is 16.6. The van der Waals surface area contributed by atoms with Crippen molar-refractivity contribution in [3.63, 3.8) is 0 Å². The van der Waals surface area contributed by atoms with Gasteiger partial charge >= 0.3 is 0 Å². The second kappa shape index (κ2) is 13.9. The summed E-state index contributed by atoms with van der Waals surface area (Å²) in [5, 5.41) is 0. The molecule has 13 rings (SSSR count). The zero-order chi connectivity index (χ0) is 46.6. The summed E-state index contributed by atoms with van der Waals surface area (Å²) in [4.78, 5) is 2.50.